The summed E-state index contributed by atoms with van der Waals surface area (Å²) in [5.74, 6) is 0.808. The molecule has 0 radical (unpaired) electrons. The van der Waals surface area contributed by atoms with Gasteiger partial charge >= 0.3 is 0 Å². The highest BCUT2D eigenvalue weighted by molar-refractivity contribution is 5.99. The van der Waals surface area contributed by atoms with Crippen molar-refractivity contribution in [3.63, 3.8) is 0 Å². The van der Waals surface area contributed by atoms with Crippen molar-refractivity contribution in [3.05, 3.63) is 106 Å². The van der Waals surface area contributed by atoms with E-state index >= 15 is 0 Å². The summed E-state index contributed by atoms with van der Waals surface area (Å²) in [5.41, 5.74) is 2.96. The van der Waals surface area contributed by atoms with Gasteiger partial charge in [-0.3, -0.25) is 4.79 Å². The Morgan fingerprint density at radius 2 is 1.66 bits per heavy atom. The van der Waals surface area contributed by atoms with E-state index in [9.17, 15) is 4.79 Å². The van der Waals surface area contributed by atoms with E-state index in [2.05, 4.69) is 20.3 Å². The average molecular weight is 381 g/mol. The smallest absolute Gasteiger partial charge is 0.267 e. The van der Waals surface area contributed by atoms with Crippen molar-refractivity contribution in [1.29, 1.82) is 0 Å². The van der Waals surface area contributed by atoms with E-state index < -0.39 is 0 Å². The third kappa shape index (κ3) is 4.01. The number of azo groups is 1. The molecule has 0 amide bonds. The minimum Gasteiger partial charge on any atom is -0.267 e. The molecule has 0 atom stereocenters. The number of nitrogens with zero attached hydrogens (tertiary/aromatic N) is 5. The first-order valence-corrected chi connectivity index (χ1v) is 9.23. The molecule has 6 heteroatoms. The Morgan fingerprint density at radius 3 is 2.45 bits per heavy atom. The third-order valence-corrected chi connectivity index (χ3v) is 4.40. The van der Waals surface area contributed by atoms with Gasteiger partial charge < -0.3 is 0 Å². The first kappa shape index (κ1) is 18.4. The second-order valence-corrected chi connectivity index (χ2v) is 6.62. The van der Waals surface area contributed by atoms with Crippen LogP contribution in [0, 0.1) is 13.8 Å². The van der Waals surface area contributed by atoms with Crippen LogP contribution in [0.3, 0.4) is 0 Å². The summed E-state index contributed by atoms with van der Waals surface area (Å²) in [6, 6.07) is 24.4. The molecule has 0 spiro atoms. The number of benzene rings is 3. The van der Waals surface area contributed by atoms with Crippen LogP contribution in [0.2, 0.25) is 0 Å². The van der Waals surface area contributed by atoms with Gasteiger partial charge in [0.25, 0.3) is 5.56 Å². The standard InChI is InChI=1S/C23H19N5O/c1-16-9-8-12-19(15-16)25-26-22(18-10-4-3-5-11-18)27-28-17(2)24-21-14-7-6-13-20(21)23(28)29/h3-15H,1-2H3/b26-25?,27-22+. The van der Waals surface area contributed by atoms with Crippen LogP contribution in [-0.4, -0.2) is 15.5 Å². The Bertz CT molecular complexity index is 1290. The molecule has 3 aromatic carbocycles. The van der Waals surface area contributed by atoms with E-state index in [0.29, 0.717) is 28.3 Å². The molecule has 4 aromatic rings. The number of fused-ring (bicyclic) bond motifs is 1. The second-order valence-electron chi connectivity index (χ2n) is 6.62. The molecule has 4 rings (SSSR count). The fourth-order valence-corrected chi connectivity index (χ4v) is 2.97. The zero-order chi connectivity index (χ0) is 20.2. The lowest BCUT2D eigenvalue weighted by atomic mass is 10.2. The summed E-state index contributed by atoms with van der Waals surface area (Å²) < 4.78 is 1.28. The molecule has 0 aliphatic carbocycles. The van der Waals surface area contributed by atoms with E-state index in [4.69, 9.17) is 0 Å². The SMILES string of the molecule is Cc1cccc(N=N/C(=N/n2c(C)nc3ccccc3c2=O)c2ccccc2)c1. The summed E-state index contributed by atoms with van der Waals surface area (Å²) in [4.78, 5) is 17.5. The number of hydrogen-bond acceptors (Lipinski definition) is 4. The van der Waals surface area contributed by atoms with E-state index in [1.165, 1.54) is 4.68 Å². The summed E-state index contributed by atoms with van der Waals surface area (Å²) in [5, 5.41) is 13.7. The summed E-state index contributed by atoms with van der Waals surface area (Å²) in [6.07, 6.45) is 0. The highest BCUT2D eigenvalue weighted by Crippen LogP contribution is 2.15. The monoisotopic (exact) mass is 381 g/mol. The van der Waals surface area contributed by atoms with Crippen molar-refractivity contribution < 1.29 is 0 Å². The first-order chi connectivity index (χ1) is 14.1. The first-order valence-electron chi connectivity index (χ1n) is 9.23. The Hall–Kier alpha value is -3.93. The van der Waals surface area contributed by atoms with Gasteiger partial charge in [-0.25, -0.2) is 4.98 Å². The van der Waals surface area contributed by atoms with Crippen molar-refractivity contribution in [1.82, 2.24) is 9.66 Å². The predicted octanol–water partition coefficient (Wildman–Crippen LogP) is 5.01. The van der Waals surface area contributed by atoms with Gasteiger partial charge in [0.2, 0.25) is 5.84 Å². The maximum Gasteiger partial charge on any atom is 0.282 e. The normalized spacial score (nSPS) is 12.0. The molecule has 29 heavy (non-hydrogen) atoms. The highest BCUT2D eigenvalue weighted by Gasteiger charge is 2.10. The Kier molecular flexibility index (Phi) is 5.07. The van der Waals surface area contributed by atoms with Crippen molar-refractivity contribution in [2.45, 2.75) is 13.8 Å². The molecule has 1 aromatic heterocycles. The number of amidine groups is 1. The molecule has 6 nitrogen and oxygen atoms in total. The van der Waals surface area contributed by atoms with Crippen LogP contribution < -0.4 is 5.56 Å². The van der Waals surface area contributed by atoms with Crippen LogP contribution >= 0.6 is 0 Å². The van der Waals surface area contributed by atoms with Gasteiger partial charge in [-0.2, -0.15) is 4.68 Å². The van der Waals surface area contributed by atoms with Gasteiger partial charge in [0, 0.05) is 5.56 Å². The van der Waals surface area contributed by atoms with Gasteiger partial charge in [-0.15, -0.1) is 15.3 Å². The summed E-state index contributed by atoms with van der Waals surface area (Å²) in [6.45, 7) is 3.74. The number of para-hydroxylation sites is 1. The second kappa shape index (κ2) is 7.98. The third-order valence-electron chi connectivity index (χ3n) is 4.40. The minimum absolute atomic E-state index is 0.243. The molecule has 0 saturated carbocycles. The van der Waals surface area contributed by atoms with E-state index in [1.54, 1.807) is 13.0 Å². The van der Waals surface area contributed by atoms with Gasteiger partial charge in [0.1, 0.15) is 5.82 Å². The fourth-order valence-electron chi connectivity index (χ4n) is 2.97. The molecule has 0 bridgehead atoms. The number of aryl methyl sites for hydroxylation is 2. The van der Waals surface area contributed by atoms with Crippen molar-refractivity contribution in [2.24, 2.45) is 15.3 Å². The quantitative estimate of drug-likeness (QED) is 0.284. The van der Waals surface area contributed by atoms with Crippen LogP contribution in [0.25, 0.3) is 10.9 Å². The van der Waals surface area contributed by atoms with Crippen LogP contribution in [0.4, 0.5) is 5.69 Å². The maximum absolute atomic E-state index is 13.0. The van der Waals surface area contributed by atoms with E-state index in [-0.39, 0.29) is 5.56 Å². The largest absolute Gasteiger partial charge is 0.282 e. The average Bonchev–Trinajstić information content (AvgIpc) is 2.74. The highest BCUT2D eigenvalue weighted by atomic mass is 16.1. The van der Waals surface area contributed by atoms with Crippen molar-refractivity contribution in [2.75, 3.05) is 0 Å². The zero-order valence-electron chi connectivity index (χ0n) is 16.1. The minimum atomic E-state index is -0.243. The molecular formula is C23H19N5O. The van der Waals surface area contributed by atoms with Gasteiger partial charge in [-0.1, -0.05) is 54.6 Å². The van der Waals surface area contributed by atoms with E-state index in [1.807, 2.05) is 79.7 Å². The molecule has 0 fully saturated rings. The lowest BCUT2D eigenvalue weighted by molar-refractivity contribution is 0.764. The van der Waals surface area contributed by atoms with Gasteiger partial charge in [0.15, 0.2) is 0 Å². The van der Waals surface area contributed by atoms with Crippen molar-refractivity contribution >= 4 is 22.4 Å². The molecule has 0 N–H and O–H groups in total. The predicted molar refractivity (Wildman–Crippen MR) is 115 cm³/mol. The molecular weight excluding hydrogens is 362 g/mol. The van der Waals surface area contributed by atoms with E-state index in [0.717, 1.165) is 11.1 Å². The number of aromatic nitrogens is 2. The van der Waals surface area contributed by atoms with Gasteiger partial charge in [-0.05, 0) is 43.7 Å². The lowest BCUT2D eigenvalue weighted by Gasteiger charge is -2.07. The van der Waals surface area contributed by atoms with Crippen LogP contribution in [0.15, 0.2) is 99.0 Å². The van der Waals surface area contributed by atoms with Gasteiger partial charge in [0.05, 0.1) is 16.6 Å². The fraction of sp³-hybridized carbons (Fsp3) is 0.0870. The molecule has 0 saturated heterocycles. The van der Waals surface area contributed by atoms with Crippen LogP contribution in [0.5, 0.6) is 0 Å². The Morgan fingerprint density at radius 1 is 0.897 bits per heavy atom. The van der Waals surface area contributed by atoms with Crippen LogP contribution in [-0.2, 0) is 0 Å². The number of rotatable bonds is 3. The topological polar surface area (TPSA) is 72.0 Å². The molecule has 0 unspecified atom stereocenters. The Balaban J connectivity index is 1.87. The van der Waals surface area contributed by atoms with Crippen molar-refractivity contribution in [3.8, 4) is 0 Å². The zero-order valence-corrected chi connectivity index (χ0v) is 16.1. The number of hydrogen-bond donors (Lipinski definition) is 0. The molecule has 0 aliphatic rings. The molecule has 142 valence electrons. The molecule has 1 heterocycles. The molecule has 0 aliphatic heterocycles. The summed E-state index contributed by atoms with van der Waals surface area (Å²) >= 11 is 0. The maximum atomic E-state index is 13.0. The summed E-state index contributed by atoms with van der Waals surface area (Å²) in [7, 11) is 0. The van der Waals surface area contributed by atoms with Crippen LogP contribution in [0.1, 0.15) is 17.0 Å². The Labute approximate surface area is 167 Å². The lowest BCUT2D eigenvalue weighted by Crippen LogP contribution is -2.22.